The Kier molecular flexibility index (Phi) is 9.07. The van der Waals surface area contributed by atoms with Crippen LogP contribution < -0.4 is 9.47 Å². The summed E-state index contributed by atoms with van der Waals surface area (Å²) >= 11 is 0. The Bertz CT molecular complexity index is 1020. The topological polar surface area (TPSA) is 72.8 Å². The molecule has 0 bridgehead atoms. The van der Waals surface area contributed by atoms with E-state index in [9.17, 15) is 9.59 Å². The number of benzene rings is 3. The lowest BCUT2D eigenvalue weighted by Crippen LogP contribution is -2.08. The summed E-state index contributed by atoms with van der Waals surface area (Å²) in [5.74, 6) is -0.365. The second kappa shape index (κ2) is 12.4. The molecule has 0 radical (unpaired) electrons. The number of carboxylic acid groups (broad SMARTS) is 1. The summed E-state index contributed by atoms with van der Waals surface area (Å²) < 4.78 is 11.2. The zero-order valence-electron chi connectivity index (χ0n) is 19.0. The third-order valence-electron chi connectivity index (χ3n) is 5.39. The van der Waals surface area contributed by atoms with Crippen LogP contribution in [0.4, 0.5) is 0 Å². The van der Waals surface area contributed by atoms with Gasteiger partial charge in [0, 0.05) is 0 Å². The van der Waals surface area contributed by atoms with Gasteiger partial charge < -0.3 is 14.6 Å². The molecule has 0 saturated heterocycles. The maximum Gasteiger partial charge on any atom is 0.343 e. The molecule has 0 aliphatic heterocycles. The van der Waals surface area contributed by atoms with Crippen molar-refractivity contribution in [1.29, 1.82) is 0 Å². The van der Waals surface area contributed by atoms with Crippen LogP contribution in [0.15, 0.2) is 72.8 Å². The lowest BCUT2D eigenvalue weighted by atomic mass is 10.0. The van der Waals surface area contributed by atoms with Gasteiger partial charge in [-0.05, 0) is 66.1 Å². The monoisotopic (exact) mass is 446 g/mol. The first kappa shape index (κ1) is 24.1. The van der Waals surface area contributed by atoms with Crippen LogP contribution in [0.1, 0.15) is 66.2 Å². The van der Waals surface area contributed by atoms with E-state index in [1.807, 2.05) is 36.4 Å². The van der Waals surface area contributed by atoms with Crippen molar-refractivity contribution in [3.05, 3.63) is 83.9 Å². The number of carbonyl (C=O) groups is 2. The Morgan fingerprint density at radius 2 is 1.18 bits per heavy atom. The van der Waals surface area contributed by atoms with Crippen LogP contribution in [0.25, 0.3) is 11.1 Å². The van der Waals surface area contributed by atoms with Crippen LogP contribution in [0.2, 0.25) is 0 Å². The number of carboxylic acids is 1. The molecule has 33 heavy (non-hydrogen) atoms. The fraction of sp³-hybridized carbons (Fsp3) is 0.286. The Hall–Kier alpha value is -3.60. The lowest BCUT2D eigenvalue weighted by molar-refractivity contribution is 0.0696. The third kappa shape index (κ3) is 7.49. The van der Waals surface area contributed by atoms with Crippen molar-refractivity contribution >= 4 is 11.9 Å². The van der Waals surface area contributed by atoms with Gasteiger partial charge in [0.1, 0.15) is 11.5 Å². The van der Waals surface area contributed by atoms with Gasteiger partial charge in [-0.15, -0.1) is 0 Å². The average molecular weight is 447 g/mol. The largest absolute Gasteiger partial charge is 0.494 e. The van der Waals surface area contributed by atoms with Gasteiger partial charge in [-0.25, -0.2) is 9.59 Å². The van der Waals surface area contributed by atoms with E-state index in [1.165, 1.54) is 56.4 Å². The number of esters is 1. The van der Waals surface area contributed by atoms with Gasteiger partial charge in [-0.1, -0.05) is 63.3 Å². The minimum Gasteiger partial charge on any atom is -0.494 e. The number of carbonyl (C=O) groups excluding carboxylic acids is 1. The molecule has 0 spiro atoms. The number of rotatable bonds is 12. The highest BCUT2D eigenvalue weighted by atomic mass is 16.5. The number of ether oxygens (including phenoxy) is 2. The highest BCUT2D eigenvalue weighted by molar-refractivity contribution is 5.92. The maximum atomic E-state index is 12.4. The van der Waals surface area contributed by atoms with E-state index in [0.29, 0.717) is 11.3 Å². The zero-order valence-corrected chi connectivity index (χ0v) is 19.0. The van der Waals surface area contributed by atoms with E-state index in [0.717, 1.165) is 29.9 Å². The Labute approximate surface area is 195 Å². The standard InChI is InChI=1S/C28H30O5/c1-2-3-4-5-6-7-20-32-25-16-12-22(13-17-25)21-8-10-24(11-9-21)28(31)33-26-18-14-23(15-19-26)27(29)30/h8-19H,2-7,20H2,1H3,(H,29,30). The van der Waals surface area contributed by atoms with Crippen LogP contribution >= 0.6 is 0 Å². The first-order valence-corrected chi connectivity index (χ1v) is 11.5. The first-order chi connectivity index (χ1) is 16.1. The van der Waals surface area contributed by atoms with Crippen molar-refractivity contribution < 1.29 is 24.2 Å². The molecule has 5 nitrogen and oxygen atoms in total. The van der Waals surface area contributed by atoms with Crippen molar-refractivity contribution in [3.63, 3.8) is 0 Å². The SMILES string of the molecule is CCCCCCCCOc1ccc(-c2ccc(C(=O)Oc3ccc(C(=O)O)cc3)cc2)cc1. The average Bonchev–Trinajstić information content (AvgIpc) is 2.84. The molecular weight excluding hydrogens is 416 g/mol. The smallest absolute Gasteiger partial charge is 0.343 e. The number of hydrogen-bond acceptors (Lipinski definition) is 4. The molecule has 0 aromatic heterocycles. The molecular formula is C28H30O5. The first-order valence-electron chi connectivity index (χ1n) is 11.5. The lowest BCUT2D eigenvalue weighted by Gasteiger charge is -2.08. The summed E-state index contributed by atoms with van der Waals surface area (Å²) in [6.07, 6.45) is 7.44. The molecule has 0 saturated carbocycles. The fourth-order valence-corrected chi connectivity index (χ4v) is 3.45. The molecule has 1 N–H and O–H groups in total. The summed E-state index contributed by atoms with van der Waals surface area (Å²) in [4.78, 5) is 23.3. The normalized spacial score (nSPS) is 10.6. The quantitative estimate of drug-likeness (QED) is 0.184. The molecule has 0 fully saturated rings. The van der Waals surface area contributed by atoms with Crippen LogP contribution in [-0.2, 0) is 0 Å². The number of unbranched alkanes of at least 4 members (excludes halogenated alkanes) is 5. The summed E-state index contributed by atoms with van der Waals surface area (Å²) in [7, 11) is 0. The summed E-state index contributed by atoms with van der Waals surface area (Å²) in [6.45, 7) is 2.96. The Balaban J connectivity index is 1.49. The molecule has 0 atom stereocenters. The number of hydrogen-bond donors (Lipinski definition) is 1. The van der Waals surface area contributed by atoms with E-state index in [-0.39, 0.29) is 5.56 Å². The molecule has 0 unspecified atom stereocenters. The molecule has 0 amide bonds. The second-order valence-corrected chi connectivity index (χ2v) is 7.94. The molecule has 0 aliphatic rings. The van der Waals surface area contributed by atoms with Crippen molar-refractivity contribution in [3.8, 4) is 22.6 Å². The summed E-state index contributed by atoms with van der Waals surface area (Å²) in [5, 5.41) is 8.94. The molecule has 3 rings (SSSR count). The van der Waals surface area contributed by atoms with Gasteiger partial charge in [0.15, 0.2) is 0 Å². The van der Waals surface area contributed by atoms with Gasteiger partial charge in [-0.3, -0.25) is 0 Å². The summed E-state index contributed by atoms with van der Waals surface area (Å²) in [5.41, 5.74) is 2.57. The molecule has 3 aromatic rings. The van der Waals surface area contributed by atoms with E-state index >= 15 is 0 Å². The minimum absolute atomic E-state index is 0.137. The van der Waals surface area contributed by atoms with Crippen molar-refractivity contribution in [2.24, 2.45) is 0 Å². The maximum absolute atomic E-state index is 12.4. The van der Waals surface area contributed by atoms with E-state index in [2.05, 4.69) is 6.92 Å². The van der Waals surface area contributed by atoms with Gasteiger partial charge in [0.25, 0.3) is 0 Å². The van der Waals surface area contributed by atoms with Crippen molar-refractivity contribution in [2.45, 2.75) is 45.4 Å². The zero-order chi connectivity index (χ0) is 23.5. The number of aromatic carboxylic acids is 1. The van der Waals surface area contributed by atoms with Crippen LogP contribution in [0.3, 0.4) is 0 Å². The molecule has 0 heterocycles. The fourth-order valence-electron chi connectivity index (χ4n) is 3.45. The van der Waals surface area contributed by atoms with Gasteiger partial charge in [-0.2, -0.15) is 0 Å². The van der Waals surface area contributed by atoms with E-state index in [1.54, 1.807) is 12.1 Å². The van der Waals surface area contributed by atoms with Crippen LogP contribution in [0, 0.1) is 0 Å². The summed E-state index contributed by atoms with van der Waals surface area (Å²) in [6, 6.07) is 20.8. The molecule has 5 heteroatoms. The van der Waals surface area contributed by atoms with Crippen LogP contribution in [-0.4, -0.2) is 23.7 Å². The van der Waals surface area contributed by atoms with Crippen molar-refractivity contribution in [1.82, 2.24) is 0 Å². The highest BCUT2D eigenvalue weighted by Gasteiger charge is 2.10. The minimum atomic E-state index is -1.03. The second-order valence-electron chi connectivity index (χ2n) is 7.94. The van der Waals surface area contributed by atoms with Crippen LogP contribution in [0.5, 0.6) is 11.5 Å². The van der Waals surface area contributed by atoms with Gasteiger partial charge in [0.05, 0.1) is 17.7 Å². The Morgan fingerprint density at radius 3 is 1.79 bits per heavy atom. The third-order valence-corrected chi connectivity index (χ3v) is 5.39. The molecule has 3 aromatic carbocycles. The van der Waals surface area contributed by atoms with Gasteiger partial charge >= 0.3 is 11.9 Å². The Morgan fingerprint density at radius 1 is 0.667 bits per heavy atom. The predicted octanol–water partition coefficient (Wildman–Crippen LogP) is 7.01. The predicted molar refractivity (Wildman–Crippen MR) is 129 cm³/mol. The van der Waals surface area contributed by atoms with Crippen molar-refractivity contribution in [2.75, 3.05) is 6.61 Å². The van der Waals surface area contributed by atoms with E-state index < -0.39 is 11.9 Å². The van der Waals surface area contributed by atoms with Gasteiger partial charge in [0.2, 0.25) is 0 Å². The highest BCUT2D eigenvalue weighted by Crippen LogP contribution is 2.24. The molecule has 172 valence electrons. The molecule has 0 aliphatic carbocycles. The van der Waals surface area contributed by atoms with E-state index in [4.69, 9.17) is 14.6 Å².